The maximum atomic E-state index is 14.8. The molecule has 9 aromatic carbocycles. The fourth-order valence-electron chi connectivity index (χ4n) is 10.2. The molecule has 0 saturated heterocycles. The minimum Gasteiger partial charge on any atom is -0.298 e. The highest BCUT2D eigenvalue weighted by atomic mass is 16.1. The average Bonchev–Trinajstić information content (AvgIpc) is 3.89. The Labute approximate surface area is 412 Å². The van der Waals surface area contributed by atoms with E-state index in [-0.39, 0.29) is 5.78 Å². The molecule has 0 bridgehead atoms. The number of benzene rings is 9. The standard InChI is InChI=1S/C64H45N5O2/c1-65-61(48-19-11-5-12-20-48)67-40-43-23-31-52-53-32-24-44(41-70)36-57(53)64(56(52)35-43)58-37-50(60(71)47-27-25-46(26-28-47)45-17-9-4-10-18-45)29-33-54(58)55-34-30-51(38-59(55)64)63(68-39-42-15-7-3-8-16-42)69-62(66-2)49-21-13-6-14-22-49/h3-38,41H,1-2,39-40H2. The highest BCUT2D eigenvalue weighted by Crippen LogP contribution is 2.63. The molecule has 1 atom stereocenters. The van der Waals surface area contributed by atoms with Gasteiger partial charge in [0.2, 0.25) is 0 Å². The maximum absolute atomic E-state index is 14.8. The van der Waals surface area contributed by atoms with E-state index >= 15 is 0 Å². The summed E-state index contributed by atoms with van der Waals surface area (Å²) >= 11 is 0. The lowest BCUT2D eigenvalue weighted by Gasteiger charge is -2.31. The SMILES string of the molecule is C=NC(=NCc1ccc2c(c1)C1(c3cc(C=O)ccc3-2)c2cc(C(=O)c3ccc(-c4ccccc4)cc3)ccc2-c2ccc(C(=NCc3ccccc3)N=C(N=C)c3ccccc3)cc21)c1ccccc1. The number of nitrogens with zero attached hydrogens (tertiary/aromatic N) is 5. The molecule has 0 fully saturated rings. The van der Waals surface area contributed by atoms with Crippen LogP contribution in [0.3, 0.4) is 0 Å². The first-order chi connectivity index (χ1) is 35.0. The van der Waals surface area contributed by atoms with E-state index in [0.29, 0.717) is 47.3 Å². The second-order valence-electron chi connectivity index (χ2n) is 17.6. The fraction of sp³-hybridized carbons (Fsp3) is 0.0469. The molecule has 0 amide bonds. The number of hydrogen-bond donors (Lipinski definition) is 0. The van der Waals surface area contributed by atoms with Crippen molar-refractivity contribution < 1.29 is 9.59 Å². The van der Waals surface area contributed by atoms with Crippen LogP contribution in [0.2, 0.25) is 0 Å². The molecule has 0 saturated carbocycles. The first kappa shape index (κ1) is 44.2. The number of carbonyl (C=O) groups is 2. The highest BCUT2D eigenvalue weighted by Gasteiger charge is 2.52. The van der Waals surface area contributed by atoms with E-state index in [2.05, 4.69) is 84.1 Å². The molecule has 0 aromatic heterocycles. The molecule has 7 heteroatoms. The normalized spacial score (nSPS) is 14.6. The van der Waals surface area contributed by atoms with Gasteiger partial charge in [0.1, 0.15) is 6.29 Å². The summed E-state index contributed by atoms with van der Waals surface area (Å²) in [6, 6.07) is 72.5. The summed E-state index contributed by atoms with van der Waals surface area (Å²) in [5.41, 5.74) is 15.1. The molecule has 2 aliphatic carbocycles. The van der Waals surface area contributed by atoms with Gasteiger partial charge in [-0.15, -0.1) is 0 Å². The third-order valence-electron chi connectivity index (χ3n) is 13.5. The Hall–Kier alpha value is -9.33. The lowest BCUT2D eigenvalue weighted by Crippen LogP contribution is -2.27. The number of fused-ring (bicyclic) bond motifs is 10. The van der Waals surface area contributed by atoms with Crippen molar-refractivity contribution in [1.82, 2.24) is 0 Å². The van der Waals surface area contributed by atoms with Crippen molar-refractivity contribution in [1.29, 1.82) is 0 Å². The Bertz CT molecular complexity index is 3640. The highest BCUT2D eigenvalue weighted by molar-refractivity contribution is 6.14. The minimum atomic E-state index is -0.996. The summed E-state index contributed by atoms with van der Waals surface area (Å²) in [5, 5.41) is 0. The lowest BCUT2D eigenvalue weighted by molar-refractivity contribution is 0.103. The number of aliphatic imine (C=N–C) groups is 5. The molecule has 11 rings (SSSR count). The summed E-state index contributed by atoms with van der Waals surface area (Å²) in [5.74, 6) is 1.38. The molecular formula is C64H45N5O2. The number of ketones is 1. The third-order valence-corrected chi connectivity index (χ3v) is 13.5. The van der Waals surface area contributed by atoms with Crippen molar-refractivity contribution in [3.05, 3.63) is 285 Å². The summed E-state index contributed by atoms with van der Waals surface area (Å²) in [6.07, 6.45) is 0.896. The van der Waals surface area contributed by atoms with Gasteiger partial charge in [-0.1, -0.05) is 200 Å². The van der Waals surface area contributed by atoms with Gasteiger partial charge < -0.3 is 0 Å². The largest absolute Gasteiger partial charge is 0.298 e. The van der Waals surface area contributed by atoms with Gasteiger partial charge >= 0.3 is 0 Å². The molecule has 0 N–H and O–H groups in total. The van der Waals surface area contributed by atoms with Crippen molar-refractivity contribution in [2.75, 3.05) is 0 Å². The van der Waals surface area contributed by atoms with Crippen LogP contribution in [-0.4, -0.2) is 43.0 Å². The molecule has 0 heterocycles. The molecule has 0 aliphatic heterocycles. The van der Waals surface area contributed by atoms with Crippen LogP contribution in [0, 0.1) is 0 Å². The van der Waals surface area contributed by atoms with Crippen LogP contribution in [0.4, 0.5) is 0 Å². The summed E-state index contributed by atoms with van der Waals surface area (Å²) < 4.78 is 0. The first-order valence-electron chi connectivity index (χ1n) is 23.5. The molecule has 0 radical (unpaired) electrons. The van der Waals surface area contributed by atoms with E-state index in [9.17, 15) is 9.59 Å². The predicted octanol–water partition coefficient (Wildman–Crippen LogP) is 13.5. The van der Waals surface area contributed by atoms with Crippen LogP contribution in [0.25, 0.3) is 33.4 Å². The van der Waals surface area contributed by atoms with Gasteiger partial charge in [0.05, 0.1) is 18.5 Å². The Balaban J connectivity index is 1.13. The first-order valence-corrected chi connectivity index (χ1v) is 23.5. The van der Waals surface area contributed by atoms with Crippen LogP contribution < -0.4 is 0 Å². The molecular weight excluding hydrogens is 871 g/mol. The topological polar surface area (TPSA) is 95.9 Å². The van der Waals surface area contributed by atoms with Crippen molar-refractivity contribution in [2.24, 2.45) is 25.0 Å². The van der Waals surface area contributed by atoms with E-state index in [0.717, 1.165) is 89.7 Å². The molecule has 7 nitrogen and oxygen atoms in total. The summed E-state index contributed by atoms with van der Waals surface area (Å²) in [4.78, 5) is 51.6. The Morgan fingerprint density at radius 1 is 0.408 bits per heavy atom. The molecule has 338 valence electrons. The van der Waals surface area contributed by atoms with Gasteiger partial charge in [-0.2, -0.15) is 0 Å². The summed E-state index contributed by atoms with van der Waals surface area (Å²) in [7, 11) is 0. The molecule has 2 aliphatic rings. The van der Waals surface area contributed by atoms with Crippen molar-refractivity contribution in [2.45, 2.75) is 18.5 Å². The van der Waals surface area contributed by atoms with Crippen LogP contribution in [-0.2, 0) is 18.5 Å². The Kier molecular flexibility index (Phi) is 11.8. The van der Waals surface area contributed by atoms with E-state index in [1.807, 2.05) is 158 Å². The van der Waals surface area contributed by atoms with Gasteiger partial charge in [-0.05, 0) is 98.4 Å². The predicted molar refractivity (Wildman–Crippen MR) is 289 cm³/mol. The second kappa shape index (κ2) is 19.0. The van der Waals surface area contributed by atoms with Crippen LogP contribution in [0.15, 0.2) is 243 Å². The third kappa shape index (κ3) is 8.09. The van der Waals surface area contributed by atoms with Gasteiger partial charge in [-0.3, -0.25) is 19.6 Å². The lowest BCUT2D eigenvalue weighted by atomic mass is 9.69. The zero-order chi connectivity index (χ0) is 48.3. The van der Waals surface area contributed by atoms with Crippen molar-refractivity contribution in [3.63, 3.8) is 0 Å². The maximum Gasteiger partial charge on any atom is 0.193 e. The van der Waals surface area contributed by atoms with Crippen LogP contribution >= 0.6 is 0 Å². The molecule has 1 unspecified atom stereocenters. The molecule has 1 spiro atoms. The van der Waals surface area contributed by atoms with E-state index in [1.54, 1.807) is 0 Å². The summed E-state index contributed by atoms with van der Waals surface area (Å²) in [6.45, 7) is 8.48. The Morgan fingerprint density at radius 3 is 1.49 bits per heavy atom. The number of hydrogen-bond acceptors (Lipinski definition) is 4. The monoisotopic (exact) mass is 915 g/mol. The van der Waals surface area contributed by atoms with Gasteiger partial charge in [0.25, 0.3) is 0 Å². The van der Waals surface area contributed by atoms with E-state index < -0.39 is 5.41 Å². The number of aldehydes is 1. The smallest absolute Gasteiger partial charge is 0.193 e. The zero-order valence-electron chi connectivity index (χ0n) is 38.7. The van der Waals surface area contributed by atoms with Gasteiger partial charge in [0, 0.05) is 33.4 Å². The molecule has 9 aromatic rings. The number of rotatable bonds is 11. The number of amidine groups is 3. The average molecular weight is 916 g/mol. The van der Waals surface area contributed by atoms with Crippen LogP contribution in [0.5, 0.6) is 0 Å². The minimum absolute atomic E-state index is 0.0946. The van der Waals surface area contributed by atoms with Crippen LogP contribution in [0.1, 0.15) is 76.4 Å². The zero-order valence-corrected chi connectivity index (χ0v) is 38.7. The Morgan fingerprint density at radius 2 is 0.873 bits per heavy atom. The van der Waals surface area contributed by atoms with E-state index in [1.165, 1.54) is 0 Å². The number of carbonyl (C=O) groups excluding carboxylic acids is 2. The molecule has 71 heavy (non-hydrogen) atoms. The van der Waals surface area contributed by atoms with E-state index in [4.69, 9.17) is 15.0 Å². The van der Waals surface area contributed by atoms with Gasteiger partial charge in [-0.25, -0.2) is 15.0 Å². The van der Waals surface area contributed by atoms with Gasteiger partial charge in [0.15, 0.2) is 23.3 Å². The fourth-order valence-corrected chi connectivity index (χ4v) is 10.2. The quantitative estimate of drug-likeness (QED) is 0.0559. The van der Waals surface area contributed by atoms with Crippen molar-refractivity contribution >= 4 is 43.0 Å². The van der Waals surface area contributed by atoms with Crippen molar-refractivity contribution in [3.8, 4) is 33.4 Å². The second-order valence-corrected chi connectivity index (χ2v) is 17.6.